The maximum absolute atomic E-state index is 14.5. The second-order valence-corrected chi connectivity index (χ2v) is 14.0. The molecule has 2 heterocycles. The summed E-state index contributed by atoms with van der Waals surface area (Å²) >= 11 is 1.52. The molecule has 11 heteroatoms. The van der Waals surface area contributed by atoms with Crippen molar-refractivity contribution in [3.8, 4) is 16.5 Å². The molecule has 1 aromatic carbocycles. The average Bonchev–Trinajstić information content (AvgIpc) is 3.31. The van der Waals surface area contributed by atoms with Crippen molar-refractivity contribution in [2.24, 2.45) is 5.92 Å². The van der Waals surface area contributed by atoms with Crippen LogP contribution in [0.5, 0.6) is 0 Å². The number of nitrogens with one attached hydrogen (secondary N) is 1. The zero-order valence-electron chi connectivity index (χ0n) is 21.3. The topological polar surface area (TPSA) is 103 Å². The fourth-order valence-electron chi connectivity index (χ4n) is 5.62. The van der Waals surface area contributed by atoms with Gasteiger partial charge in [0.15, 0.2) is 9.84 Å². The molecule has 1 amide bonds. The van der Waals surface area contributed by atoms with E-state index >= 15 is 0 Å². The van der Waals surface area contributed by atoms with Crippen LogP contribution in [-0.2, 0) is 14.6 Å². The van der Waals surface area contributed by atoms with E-state index in [9.17, 15) is 22.0 Å². The number of nitriles is 1. The first kappa shape index (κ1) is 27.0. The Morgan fingerprint density at radius 1 is 1.13 bits per heavy atom. The summed E-state index contributed by atoms with van der Waals surface area (Å²) in [5, 5.41) is 12.7. The molecular weight excluding hydrogens is 530 g/mol. The molecule has 1 N–H and O–H groups in total. The van der Waals surface area contributed by atoms with Gasteiger partial charge < -0.3 is 10.2 Å². The summed E-state index contributed by atoms with van der Waals surface area (Å²) in [5.41, 5.74) is 2.61. The Hall–Kier alpha value is -2.58. The number of carbonyl (C=O) groups excluding carboxylic acids is 1. The Labute approximate surface area is 226 Å². The first-order valence-electron chi connectivity index (χ1n) is 13.2. The Balaban J connectivity index is 1.46. The maximum Gasteiger partial charge on any atom is 0.224 e. The van der Waals surface area contributed by atoms with E-state index in [1.54, 1.807) is 6.92 Å². The molecule has 4 atom stereocenters. The summed E-state index contributed by atoms with van der Waals surface area (Å²) in [5.74, 6) is -0.970. The SMILES string of the molecule is C[C@@H](C#N)NC(=O)[C@@H]1C[C@@H](F)CC[C@H]1c1nc(C2CC(F)C2)sc1-c1ccc(N2CCS(=O)(=O)CC2)cc1. The van der Waals surface area contributed by atoms with E-state index in [0.717, 1.165) is 26.8 Å². The molecule has 1 aromatic heterocycles. The predicted octanol–water partition coefficient (Wildman–Crippen LogP) is 4.51. The van der Waals surface area contributed by atoms with Crippen LogP contribution in [0.4, 0.5) is 14.5 Å². The van der Waals surface area contributed by atoms with E-state index in [1.807, 2.05) is 30.3 Å². The number of rotatable bonds is 6. The van der Waals surface area contributed by atoms with Gasteiger partial charge in [0, 0.05) is 36.5 Å². The molecule has 2 aliphatic carbocycles. The Kier molecular flexibility index (Phi) is 7.74. The van der Waals surface area contributed by atoms with E-state index in [0.29, 0.717) is 38.8 Å². The number of thiazole rings is 1. The van der Waals surface area contributed by atoms with Crippen molar-refractivity contribution in [1.29, 1.82) is 5.26 Å². The molecule has 2 saturated carbocycles. The van der Waals surface area contributed by atoms with E-state index < -0.39 is 34.1 Å². The number of aromatic nitrogens is 1. The van der Waals surface area contributed by atoms with E-state index in [4.69, 9.17) is 10.2 Å². The van der Waals surface area contributed by atoms with Crippen molar-refractivity contribution < 1.29 is 22.0 Å². The van der Waals surface area contributed by atoms with Crippen LogP contribution in [0.1, 0.15) is 61.6 Å². The van der Waals surface area contributed by atoms with Crippen molar-refractivity contribution >= 4 is 32.8 Å². The number of hydrogen-bond donors (Lipinski definition) is 1. The highest BCUT2D eigenvalue weighted by Crippen LogP contribution is 2.48. The lowest BCUT2D eigenvalue weighted by atomic mass is 9.75. The van der Waals surface area contributed by atoms with Gasteiger partial charge in [-0.3, -0.25) is 4.79 Å². The average molecular weight is 563 g/mol. The summed E-state index contributed by atoms with van der Waals surface area (Å²) in [6.07, 6.45) is -0.167. The standard InChI is InChI=1S/C27H32F2N4O3S2/c1-16(15-30)31-26(34)23-14-19(28)4-7-22(23)24-25(37-27(32-24)18-12-20(29)13-18)17-2-5-21(6-3-17)33-8-10-38(35,36)11-9-33/h2-3,5-6,16,18-20,22-23H,4,7-14H2,1H3,(H,31,34)/t16-,18?,19-,20?,22+,23+/m0/s1. The molecule has 7 nitrogen and oxygen atoms in total. The molecular formula is C27H32F2N4O3S2. The predicted molar refractivity (Wildman–Crippen MR) is 143 cm³/mol. The number of amides is 1. The molecule has 3 fully saturated rings. The molecule has 5 rings (SSSR count). The molecule has 0 spiro atoms. The van der Waals surface area contributed by atoms with Gasteiger partial charge in [0.25, 0.3) is 0 Å². The van der Waals surface area contributed by atoms with Crippen LogP contribution in [0, 0.1) is 17.2 Å². The molecule has 2 aromatic rings. The summed E-state index contributed by atoms with van der Waals surface area (Å²) in [7, 11) is -2.98. The van der Waals surface area contributed by atoms with Crippen LogP contribution in [0.3, 0.4) is 0 Å². The summed E-state index contributed by atoms with van der Waals surface area (Å²) in [6.45, 7) is 2.50. The Bertz CT molecular complexity index is 1300. The van der Waals surface area contributed by atoms with Gasteiger partial charge in [-0.2, -0.15) is 5.26 Å². The quantitative estimate of drug-likeness (QED) is 0.556. The zero-order chi connectivity index (χ0) is 27.0. The molecule has 0 bridgehead atoms. The van der Waals surface area contributed by atoms with Crippen LogP contribution in [0.2, 0.25) is 0 Å². The number of hydrogen-bond acceptors (Lipinski definition) is 7. The number of carbonyl (C=O) groups is 1. The van der Waals surface area contributed by atoms with E-state index in [2.05, 4.69) is 10.2 Å². The van der Waals surface area contributed by atoms with Gasteiger partial charge in [-0.15, -0.1) is 11.3 Å². The van der Waals surface area contributed by atoms with Gasteiger partial charge in [0.05, 0.1) is 33.2 Å². The first-order valence-corrected chi connectivity index (χ1v) is 15.8. The third kappa shape index (κ3) is 5.71. The van der Waals surface area contributed by atoms with Crippen molar-refractivity contribution in [3.05, 3.63) is 35.0 Å². The molecule has 1 aliphatic heterocycles. The highest BCUT2D eigenvalue weighted by molar-refractivity contribution is 7.91. The fraction of sp³-hybridized carbons (Fsp3) is 0.593. The van der Waals surface area contributed by atoms with Crippen molar-refractivity contribution in [1.82, 2.24) is 10.3 Å². The third-order valence-corrected chi connectivity index (χ3v) is 10.9. The zero-order valence-corrected chi connectivity index (χ0v) is 22.9. The third-order valence-electron chi connectivity index (χ3n) is 7.97. The molecule has 1 saturated heterocycles. The van der Waals surface area contributed by atoms with Gasteiger partial charge in [0.1, 0.15) is 18.4 Å². The number of halogens is 2. The van der Waals surface area contributed by atoms with Crippen LogP contribution < -0.4 is 10.2 Å². The van der Waals surface area contributed by atoms with Gasteiger partial charge in [0.2, 0.25) is 5.91 Å². The van der Waals surface area contributed by atoms with Gasteiger partial charge in [-0.1, -0.05) is 12.1 Å². The second kappa shape index (κ2) is 10.9. The van der Waals surface area contributed by atoms with Crippen LogP contribution in [-0.4, -0.2) is 62.3 Å². The van der Waals surface area contributed by atoms with Crippen molar-refractivity contribution in [2.45, 2.75) is 69.2 Å². The first-order chi connectivity index (χ1) is 18.1. The molecule has 3 aliphatic rings. The summed E-state index contributed by atoms with van der Waals surface area (Å²) < 4.78 is 51.8. The van der Waals surface area contributed by atoms with E-state index in [-0.39, 0.29) is 35.7 Å². The minimum atomic E-state index is -2.98. The van der Waals surface area contributed by atoms with Crippen LogP contribution >= 0.6 is 11.3 Å². The number of nitrogens with zero attached hydrogens (tertiary/aromatic N) is 3. The summed E-state index contributed by atoms with van der Waals surface area (Å²) in [6, 6.07) is 9.21. The smallest absolute Gasteiger partial charge is 0.224 e. The number of sulfone groups is 1. The molecule has 204 valence electrons. The lowest BCUT2D eigenvalue weighted by molar-refractivity contribution is -0.127. The highest BCUT2D eigenvalue weighted by atomic mass is 32.2. The maximum atomic E-state index is 14.5. The fourth-order valence-corrected chi connectivity index (χ4v) is 8.08. The van der Waals surface area contributed by atoms with Gasteiger partial charge in [-0.25, -0.2) is 22.2 Å². The minimum Gasteiger partial charge on any atom is -0.369 e. The monoisotopic (exact) mass is 562 g/mol. The second-order valence-electron chi connectivity index (χ2n) is 10.7. The lowest BCUT2D eigenvalue weighted by Gasteiger charge is -2.32. The number of alkyl halides is 2. The van der Waals surface area contributed by atoms with Gasteiger partial charge in [-0.05, 0) is 56.7 Å². The van der Waals surface area contributed by atoms with Crippen LogP contribution in [0.25, 0.3) is 10.4 Å². The van der Waals surface area contributed by atoms with Crippen molar-refractivity contribution in [2.75, 3.05) is 29.5 Å². The Morgan fingerprint density at radius 2 is 1.82 bits per heavy atom. The number of benzene rings is 1. The molecule has 0 radical (unpaired) electrons. The minimum absolute atomic E-state index is 0.0421. The summed E-state index contributed by atoms with van der Waals surface area (Å²) in [4.78, 5) is 21.0. The largest absolute Gasteiger partial charge is 0.369 e. The van der Waals surface area contributed by atoms with E-state index in [1.165, 1.54) is 11.3 Å². The lowest BCUT2D eigenvalue weighted by Crippen LogP contribution is -2.41. The Morgan fingerprint density at radius 3 is 2.45 bits per heavy atom. The normalized spacial score (nSPS) is 29.6. The number of anilines is 1. The molecule has 0 unspecified atom stereocenters. The van der Waals surface area contributed by atoms with Crippen molar-refractivity contribution in [3.63, 3.8) is 0 Å². The molecule has 38 heavy (non-hydrogen) atoms. The highest BCUT2D eigenvalue weighted by Gasteiger charge is 2.41. The van der Waals surface area contributed by atoms with Gasteiger partial charge >= 0.3 is 0 Å². The van der Waals surface area contributed by atoms with Crippen LogP contribution in [0.15, 0.2) is 24.3 Å².